The van der Waals surface area contributed by atoms with Gasteiger partial charge in [0.2, 0.25) is 0 Å². The molecule has 0 radical (unpaired) electrons. The molecule has 0 amide bonds. The van der Waals surface area contributed by atoms with Crippen LogP contribution in [0.4, 0.5) is 28.4 Å². The molecule has 0 saturated carbocycles. The molecule has 5 heteroatoms. The lowest BCUT2D eigenvalue weighted by atomic mass is 10.2. The van der Waals surface area contributed by atoms with Crippen LogP contribution in [0.1, 0.15) is 111 Å². The van der Waals surface area contributed by atoms with Crippen LogP contribution in [-0.2, 0) is 0 Å². The van der Waals surface area contributed by atoms with Gasteiger partial charge in [0.25, 0.3) is 10.7 Å². The minimum Gasteiger partial charge on any atom is -0.359 e. The van der Waals surface area contributed by atoms with Crippen LogP contribution in [-0.4, -0.2) is 48.3 Å². The number of hydrogen-bond donors (Lipinski definition) is 0. The molecule has 0 aliphatic rings. The molecule has 0 heterocycles. The van der Waals surface area contributed by atoms with Gasteiger partial charge in [0.05, 0.1) is 0 Å². The van der Waals surface area contributed by atoms with Crippen molar-refractivity contribution in [1.82, 2.24) is 9.15 Å². The first kappa shape index (κ1) is 32.9. The largest absolute Gasteiger partial charge is 0.359 e. The van der Waals surface area contributed by atoms with Gasteiger partial charge in [-0.3, -0.25) is 4.90 Å². The third-order valence-electron chi connectivity index (χ3n) is 8.17. The fourth-order valence-corrected chi connectivity index (χ4v) is 7.12. The first-order chi connectivity index (χ1) is 19.1. The zero-order valence-corrected chi connectivity index (χ0v) is 29.2. The zero-order valence-electron chi connectivity index (χ0n) is 29.2. The lowest BCUT2D eigenvalue weighted by Gasteiger charge is -2.30. The Morgan fingerprint density at radius 2 is 0.707 bits per heavy atom. The molecule has 3 aromatic rings. The summed E-state index contributed by atoms with van der Waals surface area (Å²) in [6, 6.07) is 14.3. The van der Waals surface area contributed by atoms with Gasteiger partial charge in [-0.05, 0) is 123 Å². The van der Waals surface area contributed by atoms with Gasteiger partial charge in [0.1, 0.15) is 35.5 Å². The third-order valence-corrected chi connectivity index (χ3v) is 8.17. The van der Waals surface area contributed by atoms with E-state index in [9.17, 15) is 0 Å². The maximum Gasteiger partial charge on any atom is 0.253 e. The van der Waals surface area contributed by atoms with E-state index in [-0.39, 0.29) is 0 Å². The van der Waals surface area contributed by atoms with Crippen LogP contribution < -0.4 is 34.6 Å². The lowest BCUT2D eigenvalue weighted by molar-refractivity contribution is 0.428. The zero-order chi connectivity index (χ0) is 31.1. The van der Waals surface area contributed by atoms with Crippen molar-refractivity contribution in [2.45, 2.75) is 159 Å². The number of benzene rings is 1. The smallest absolute Gasteiger partial charge is 0.253 e. The Balaban J connectivity index is 2.55. The molecule has 0 bridgehead atoms. The SMILES string of the molecule is CC(C)N(c1c(N(c2ccccc2)c2c(N(C(C)C)C(C)C)c2=[N+](C(C)C)C(C)C)c1=[N+](C(C)C)C(C)C)C(C)C. The summed E-state index contributed by atoms with van der Waals surface area (Å²) in [6.45, 7) is 37.3. The topological polar surface area (TPSA) is 15.7 Å². The minimum atomic E-state index is 0.401. The Hall–Kier alpha value is -2.56. The summed E-state index contributed by atoms with van der Waals surface area (Å²) in [5, 5.41) is 2.81. The molecule has 0 unspecified atom stereocenters. The highest BCUT2D eigenvalue weighted by atomic mass is 15.3. The molecular formula is C36H61N5+2. The second-order valence-corrected chi connectivity index (χ2v) is 14.1. The van der Waals surface area contributed by atoms with Gasteiger partial charge in [0.15, 0.2) is 11.4 Å². The quantitative estimate of drug-likeness (QED) is 0.203. The third kappa shape index (κ3) is 6.44. The fourth-order valence-electron chi connectivity index (χ4n) is 7.12. The molecule has 0 aliphatic heterocycles. The highest BCUT2D eigenvalue weighted by Crippen LogP contribution is 2.49. The van der Waals surface area contributed by atoms with Gasteiger partial charge in [-0.15, -0.1) is 0 Å². The van der Waals surface area contributed by atoms with Crippen molar-refractivity contribution >= 4 is 28.4 Å². The molecule has 0 aliphatic carbocycles. The Labute approximate surface area is 252 Å². The van der Waals surface area contributed by atoms with E-state index in [0.29, 0.717) is 48.3 Å². The van der Waals surface area contributed by atoms with E-state index in [2.05, 4.69) is 165 Å². The normalized spacial score (nSPS) is 12.7. The lowest BCUT2D eigenvalue weighted by Crippen LogP contribution is -2.41. The van der Waals surface area contributed by atoms with Gasteiger partial charge in [-0.25, -0.2) is 9.15 Å². The first-order valence-corrected chi connectivity index (χ1v) is 16.3. The maximum atomic E-state index is 2.63. The molecule has 0 atom stereocenters. The molecule has 228 valence electrons. The van der Waals surface area contributed by atoms with Crippen LogP contribution in [0.15, 0.2) is 30.3 Å². The van der Waals surface area contributed by atoms with Crippen LogP contribution >= 0.6 is 0 Å². The van der Waals surface area contributed by atoms with Crippen LogP contribution in [0.2, 0.25) is 0 Å². The van der Waals surface area contributed by atoms with Crippen molar-refractivity contribution in [3.63, 3.8) is 0 Å². The van der Waals surface area contributed by atoms with Crippen LogP contribution in [0, 0.1) is 0 Å². The molecule has 0 saturated heterocycles. The highest BCUT2D eigenvalue weighted by Gasteiger charge is 2.48. The fraction of sp³-hybridized carbons (Fsp3) is 0.667. The molecule has 5 nitrogen and oxygen atoms in total. The first-order valence-electron chi connectivity index (χ1n) is 16.3. The highest BCUT2D eigenvalue weighted by molar-refractivity contribution is 6.02. The van der Waals surface area contributed by atoms with E-state index < -0.39 is 0 Å². The average molecular weight is 564 g/mol. The number of nitrogens with zero attached hydrogens (tertiary/aromatic N) is 5. The van der Waals surface area contributed by atoms with Crippen LogP contribution in [0.5, 0.6) is 0 Å². The summed E-state index contributed by atoms with van der Waals surface area (Å²) >= 11 is 0. The van der Waals surface area contributed by atoms with Gasteiger partial charge in [-0.1, -0.05) is 18.2 Å². The number of rotatable bonds is 13. The van der Waals surface area contributed by atoms with E-state index in [4.69, 9.17) is 0 Å². The summed E-state index contributed by atoms with van der Waals surface area (Å²) in [7, 11) is 0. The van der Waals surface area contributed by atoms with E-state index in [1.54, 1.807) is 0 Å². The van der Waals surface area contributed by atoms with Crippen LogP contribution in [0.25, 0.3) is 0 Å². The standard InChI is InChI=1S/C36H61N5/c1-22(2)37(23(3)4)31-32(38(24(5)6)25(7)8)35(31)41(30-20-18-17-19-21-30)36-33(39(26(9)10)27(11)12)34(36)40(28(13)14)29(15)16/h17-29H,1-16H3/q+2. The molecule has 0 spiro atoms. The second kappa shape index (κ2) is 12.8. The number of anilines is 5. The molecule has 3 rings (SSSR count). The predicted octanol–water partition coefficient (Wildman–Crippen LogP) is 7.33. The molecule has 3 aromatic carbocycles. The summed E-state index contributed by atoms with van der Waals surface area (Å²) in [6.07, 6.45) is 0. The summed E-state index contributed by atoms with van der Waals surface area (Å²) < 4.78 is 5.26. The second-order valence-electron chi connectivity index (χ2n) is 14.1. The average Bonchev–Trinajstić information content (AvgIpc) is 3.70. The van der Waals surface area contributed by atoms with Crippen molar-refractivity contribution in [2.75, 3.05) is 14.7 Å². The van der Waals surface area contributed by atoms with Gasteiger partial charge in [0, 0.05) is 29.9 Å². The Morgan fingerprint density at radius 3 is 0.951 bits per heavy atom. The van der Waals surface area contributed by atoms with Crippen molar-refractivity contribution in [1.29, 1.82) is 0 Å². The molecule has 41 heavy (non-hydrogen) atoms. The Morgan fingerprint density at radius 1 is 0.415 bits per heavy atom. The van der Waals surface area contributed by atoms with Crippen LogP contribution in [0.3, 0.4) is 0 Å². The molecule has 0 fully saturated rings. The van der Waals surface area contributed by atoms with Gasteiger partial charge < -0.3 is 9.80 Å². The van der Waals surface area contributed by atoms with Gasteiger partial charge >= 0.3 is 0 Å². The van der Waals surface area contributed by atoms with Crippen molar-refractivity contribution in [3.8, 4) is 0 Å². The van der Waals surface area contributed by atoms with E-state index >= 15 is 0 Å². The summed E-state index contributed by atoms with van der Waals surface area (Å²) in [5.41, 5.74) is 6.77. The predicted molar refractivity (Wildman–Crippen MR) is 182 cm³/mol. The molecular weight excluding hydrogens is 502 g/mol. The summed E-state index contributed by atoms with van der Waals surface area (Å²) in [5.74, 6) is 0. The van der Waals surface area contributed by atoms with Crippen molar-refractivity contribution in [2.24, 2.45) is 0 Å². The van der Waals surface area contributed by atoms with Gasteiger partial charge in [-0.2, -0.15) is 0 Å². The van der Waals surface area contributed by atoms with E-state index in [1.807, 2.05) is 0 Å². The van der Waals surface area contributed by atoms with Crippen molar-refractivity contribution < 1.29 is 0 Å². The summed E-state index contributed by atoms with van der Waals surface area (Å²) in [4.78, 5) is 7.87. The molecule has 0 N–H and O–H groups in total. The molecule has 0 aromatic heterocycles. The van der Waals surface area contributed by atoms with E-state index in [0.717, 1.165) is 0 Å². The Bertz CT molecular complexity index is 1200. The Kier molecular flexibility index (Phi) is 10.2. The van der Waals surface area contributed by atoms with E-state index in [1.165, 1.54) is 39.2 Å². The number of hydrogen-bond acceptors (Lipinski definition) is 3. The minimum absolute atomic E-state index is 0.401. The monoisotopic (exact) mass is 563 g/mol. The maximum absolute atomic E-state index is 2.63. The van der Waals surface area contributed by atoms with Crippen molar-refractivity contribution in [3.05, 3.63) is 41.0 Å². The number of para-hydroxylation sites is 1.